The van der Waals surface area contributed by atoms with E-state index < -0.39 is 6.10 Å². The smallest absolute Gasteiger partial charge is 0.128 e. The molecule has 6 heteroatoms. The van der Waals surface area contributed by atoms with Crippen LogP contribution in [-0.4, -0.2) is 50.3 Å². The summed E-state index contributed by atoms with van der Waals surface area (Å²) in [5, 5.41) is 9.57. The number of halogens is 2. The molecule has 0 spiro atoms. The molecule has 1 N–H and O–H groups in total. The molecule has 0 aromatic carbocycles. The van der Waals surface area contributed by atoms with Crippen molar-refractivity contribution in [3.63, 3.8) is 0 Å². The van der Waals surface area contributed by atoms with Gasteiger partial charge in [-0.3, -0.25) is 4.90 Å². The molecule has 1 aliphatic heterocycles. The van der Waals surface area contributed by atoms with Gasteiger partial charge in [0.2, 0.25) is 0 Å². The van der Waals surface area contributed by atoms with Crippen molar-refractivity contribution in [2.75, 3.05) is 24.5 Å². The summed E-state index contributed by atoms with van der Waals surface area (Å²) in [6, 6.07) is 5.94. The summed E-state index contributed by atoms with van der Waals surface area (Å²) < 4.78 is 0.274. The van der Waals surface area contributed by atoms with Gasteiger partial charge in [-0.1, -0.05) is 28.7 Å². The predicted octanol–water partition coefficient (Wildman–Crippen LogP) is 1.91. The minimum Gasteiger partial charge on any atom is -0.390 e. The zero-order valence-corrected chi connectivity index (χ0v) is 13.1. The second-order valence-electron chi connectivity index (χ2n) is 4.42. The highest BCUT2D eigenvalue weighted by Crippen LogP contribution is 2.24. The van der Waals surface area contributed by atoms with E-state index in [0.717, 1.165) is 25.5 Å². The van der Waals surface area contributed by atoms with Gasteiger partial charge in [0, 0.05) is 25.8 Å². The minimum atomic E-state index is -0.523. The Kier molecular flexibility index (Phi) is 5.06. The number of anilines is 1. The number of nitrogens with zero attached hydrogens (tertiary/aromatic N) is 3. The van der Waals surface area contributed by atoms with E-state index in [1.165, 1.54) is 0 Å². The number of hydrogen-bond donors (Lipinski definition) is 1. The van der Waals surface area contributed by atoms with Crippen LogP contribution in [0.15, 0.2) is 24.4 Å². The third-order valence-corrected chi connectivity index (χ3v) is 4.77. The van der Waals surface area contributed by atoms with Crippen LogP contribution in [0.3, 0.4) is 0 Å². The average Bonchev–Trinajstić information content (AvgIpc) is 2.38. The van der Waals surface area contributed by atoms with Crippen LogP contribution < -0.4 is 4.90 Å². The van der Waals surface area contributed by atoms with Gasteiger partial charge in [-0.05, 0) is 19.1 Å². The number of aromatic nitrogens is 1. The molecule has 2 heterocycles. The number of hydrogen-bond acceptors (Lipinski definition) is 4. The van der Waals surface area contributed by atoms with Gasteiger partial charge in [0.25, 0.3) is 0 Å². The Morgan fingerprint density at radius 2 is 2.28 bits per heavy atom. The zero-order valence-electron chi connectivity index (χ0n) is 10.2. The van der Waals surface area contributed by atoms with Crippen LogP contribution in [0.25, 0.3) is 0 Å². The second-order valence-corrected chi connectivity index (χ2v) is 6.30. The molecule has 3 unspecified atom stereocenters. The molecule has 0 aliphatic carbocycles. The zero-order chi connectivity index (χ0) is 13.1. The van der Waals surface area contributed by atoms with Gasteiger partial charge in [0.1, 0.15) is 11.3 Å². The summed E-state index contributed by atoms with van der Waals surface area (Å²) >= 11 is 8.59. The molecule has 1 saturated heterocycles. The lowest BCUT2D eigenvalue weighted by molar-refractivity contribution is 0.0953. The van der Waals surface area contributed by atoms with E-state index >= 15 is 0 Å². The molecule has 1 aromatic rings. The van der Waals surface area contributed by atoms with Crippen molar-refractivity contribution in [3.8, 4) is 0 Å². The second kappa shape index (κ2) is 6.36. The summed E-state index contributed by atoms with van der Waals surface area (Å²) in [6.07, 6.45) is 1.29. The molecule has 3 atom stereocenters. The highest BCUT2D eigenvalue weighted by Gasteiger charge is 2.31. The van der Waals surface area contributed by atoms with Gasteiger partial charge in [-0.15, -0.1) is 11.6 Å². The van der Waals surface area contributed by atoms with Crippen LogP contribution in [0, 0.1) is 0 Å². The Hall–Kier alpha value is -0.110. The lowest BCUT2D eigenvalue weighted by Crippen LogP contribution is -2.55. The molecular formula is C12H17ClIN3O. The van der Waals surface area contributed by atoms with E-state index in [1.54, 1.807) is 6.92 Å². The molecule has 1 fully saturated rings. The Bertz CT molecular complexity index is 379. The summed E-state index contributed by atoms with van der Waals surface area (Å²) in [6.45, 7) is 4.31. The van der Waals surface area contributed by atoms with Gasteiger partial charge in [0.15, 0.2) is 0 Å². The summed E-state index contributed by atoms with van der Waals surface area (Å²) in [4.78, 5) is 8.74. The maximum absolute atomic E-state index is 9.57. The van der Waals surface area contributed by atoms with E-state index in [2.05, 4.69) is 37.4 Å². The fourth-order valence-corrected chi connectivity index (χ4v) is 3.58. The molecule has 0 radical (unpaired) electrons. The Balaban J connectivity index is 2.00. The van der Waals surface area contributed by atoms with Gasteiger partial charge >= 0.3 is 0 Å². The fourth-order valence-electron chi connectivity index (χ4n) is 2.06. The standard InChI is InChI=1S/C12H17ClIN3O/c1-9(18)12(13)17-7-6-16(8-10(17)14)11-4-2-3-5-15-11/h2-5,9-10,12,18H,6-8H2,1H3. The van der Waals surface area contributed by atoms with Crippen LogP contribution in [0.4, 0.5) is 5.82 Å². The Morgan fingerprint density at radius 1 is 1.50 bits per heavy atom. The average molecular weight is 382 g/mol. The Morgan fingerprint density at radius 3 is 2.83 bits per heavy atom. The summed E-state index contributed by atoms with van der Waals surface area (Å²) in [5.41, 5.74) is -0.321. The minimum absolute atomic E-state index is 0.274. The van der Waals surface area contributed by atoms with Crippen molar-refractivity contribution in [2.45, 2.75) is 22.6 Å². The number of piperazine rings is 1. The highest BCUT2D eigenvalue weighted by atomic mass is 127. The topological polar surface area (TPSA) is 39.6 Å². The maximum Gasteiger partial charge on any atom is 0.128 e. The van der Waals surface area contributed by atoms with Crippen molar-refractivity contribution >= 4 is 40.0 Å². The van der Waals surface area contributed by atoms with E-state index in [4.69, 9.17) is 11.6 Å². The molecule has 1 aliphatic rings. The number of rotatable bonds is 3. The van der Waals surface area contributed by atoms with Crippen molar-refractivity contribution in [3.05, 3.63) is 24.4 Å². The monoisotopic (exact) mass is 381 g/mol. The van der Waals surface area contributed by atoms with Crippen molar-refractivity contribution in [2.24, 2.45) is 0 Å². The fraction of sp³-hybridized carbons (Fsp3) is 0.583. The summed E-state index contributed by atoms with van der Waals surface area (Å²) in [7, 11) is 0. The number of alkyl halides is 2. The molecule has 2 rings (SSSR count). The number of aliphatic hydroxyl groups is 1. The SMILES string of the molecule is CC(O)C(Cl)N1CCN(c2ccccn2)CC1I. The molecule has 4 nitrogen and oxygen atoms in total. The first-order valence-electron chi connectivity index (χ1n) is 5.97. The molecule has 0 amide bonds. The van der Waals surface area contributed by atoms with Crippen molar-refractivity contribution < 1.29 is 5.11 Å². The Labute approximate surface area is 126 Å². The van der Waals surface area contributed by atoms with Crippen LogP contribution in [0.2, 0.25) is 0 Å². The molecular weight excluding hydrogens is 365 g/mol. The van der Waals surface area contributed by atoms with E-state index in [0.29, 0.717) is 0 Å². The largest absolute Gasteiger partial charge is 0.390 e. The number of pyridine rings is 1. The quantitative estimate of drug-likeness (QED) is 0.493. The van der Waals surface area contributed by atoms with E-state index in [-0.39, 0.29) is 9.55 Å². The van der Waals surface area contributed by atoms with Crippen LogP contribution >= 0.6 is 34.2 Å². The third-order valence-electron chi connectivity index (χ3n) is 3.05. The van der Waals surface area contributed by atoms with Crippen LogP contribution in [-0.2, 0) is 0 Å². The lowest BCUT2D eigenvalue weighted by atomic mass is 10.2. The normalized spacial score (nSPS) is 24.9. The van der Waals surface area contributed by atoms with E-state index in [1.807, 2.05) is 24.4 Å². The molecule has 1 aromatic heterocycles. The lowest BCUT2D eigenvalue weighted by Gasteiger charge is -2.42. The van der Waals surface area contributed by atoms with Gasteiger partial charge in [0.05, 0.1) is 10.2 Å². The third kappa shape index (κ3) is 3.26. The highest BCUT2D eigenvalue weighted by molar-refractivity contribution is 14.1. The van der Waals surface area contributed by atoms with Gasteiger partial charge in [-0.2, -0.15) is 0 Å². The molecule has 18 heavy (non-hydrogen) atoms. The van der Waals surface area contributed by atoms with Crippen molar-refractivity contribution in [1.29, 1.82) is 0 Å². The molecule has 0 saturated carbocycles. The molecule has 100 valence electrons. The predicted molar refractivity (Wildman–Crippen MR) is 82.3 cm³/mol. The van der Waals surface area contributed by atoms with Crippen LogP contribution in [0.5, 0.6) is 0 Å². The van der Waals surface area contributed by atoms with Crippen molar-refractivity contribution in [1.82, 2.24) is 9.88 Å². The van der Waals surface area contributed by atoms with Gasteiger partial charge in [-0.25, -0.2) is 4.98 Å². The maximum atomic E-state index is 9.57. The van der Waals surface area contributed by atoms with E-state index in [9.17, 15) is 5.11 Å². The first kappa shape index (κ1) is 14.3. The van der Waals surface area contributed by atoms with Gasteiger partial charge < -0.3 is 10.0 Å². The molecule has 0 bridgehead atoms. The first-order chi connectivity index (χ1) is 8.59. The van der Waals surface area contributed by atoms with Crippen LogP contribution in [0.1, 0.15) is 6.92 Å². The summed E-state index contributed by atoms with van der Waals surface area (Å²) in [5.74, 6) is 1.00. The first-order valence-corrected chi connectivity index (χ1v) is 7.65. The number of aliphatic hydroxyl groups excluding tert-OH is 1.